The van der Waals surface area contributed by atoms with Gasteiger partial charge in [0.05, 0.1) is 0 Å². The molecule has 0 saturated carbocycles. The Hall–Kier alpha value is -1.32. The number of carbonyl (C=O) groups is 3. The van der Waals surface area contributed by atoms with E-state index in [2.05, 4.69) is 10.6 Å². The van der Waals surface area contributed by atoms with E-state index in [0.717, 1.165) is 25.7 Å². The van der Waals surface area contributed by atoms with Crippen LogP contribution in [0.1, 0.15) is 73.6 Å². The predicted octanol–water partition coefficient (Wildman–Crippen LogP) is 3.67. The first-order chi connectivity index (χ1) is 14.4. The van der Waals surface area contributed by atoms with Gasteiger partial charge in [-0.15, -0.1) is 0 Å². The molecule has 0 rings (SSSR count). The van der Waals surface area contributed by atoms with Crippen LogP contribution < -0.4 is 10.6 Å². The molecule has 0 aliphatic heterocycles. The fourth-order valence-electron chi connectivity index (χ4n) is 2.57. The fourth-order valence-corrected chi connectivity index (χ4v) is 3.55. The van der Waals surface area contributed by atoms with Gasteiger partial charge in [-0.1, -0.05) is 11.8 Å². The standard InChI is InChI=1S/C22H42N2O6S/c1-18(25)31-22(5,6)17-19(26)23-11-9-15-28-13-7-8-14-29-16-10-12-24-20(27)30-21(2,3)4/h7-17H2,1-6H3,(H,23,26)(H,24,27). The van der Waals surface area contributed by atoms with Crippen molar-refractivity contribution in [2.24, 2.45) is 0 Å². The van der Waals surface area contributed by atoms with Crippen LogP contribution in [0.2, 0.25) is 0 Å². The topological polar surface area (TPSA) is 103 Å². The van der Waals surface area contributed by atoms with E-state index in [-0.39, 0.29) is 15.8 Å². The van der Waals surface area contributed by atoms with E-state index in [9.17, 15) is 14.4 Å². The molecule has 0 aromatic heterocycles. The second kappa shape index (κ2) is 16.3. The third-order valence-corrected chi connectivity index (χ3v) is 4.74. The van der Waals surface area contributed by atoms with Gasteiger partial charge in [-0.25, -0.2) is 4.79 Å². The number of ether oxygens (including phenoxy) is 3. The van der Waals surface area contributed by atoms with Crippen molar-refractivity contribution in [1.29, 1.82) is 0 Å². The molecule has 0 fully saturated rings. The zero-order chi connectivity index (χ0) is 23.8. The number of carbonyl (C=O) groups excluding carboxylic acids is 3. The van der Waals surface area contributed by atoms with E-state index in [1.807, 2.05) is 34.6 Å². The highest BCUT2D eigenvalue weighted by Gasteiger charge is 2.24. The number of nitrogens with one attached hydrogen (secondary N) is 2. The highest BCUT2D eigenvalue weighted by Crippen LogP contribution is 2.28. The minimum Gasteiger partial charge on any atom is -0.444 e. The lowest BCUT2D eigenvalue weighted by Gasteiger charge is -2.21. The molecule has 0 aliphatic carbocycles. The Morgan fingerprint density at radius 3 is 1.74 bits per heavy atom. The van der Waals surface area contributed by atoms with E-state index >= 15 is 0 Å². The molecule has 0 spiro atoms. The van der Waals surface area contributed by atoms with Crippen LogP contribution in [0.25, 0.3) is 0 Å². The average molecular weight is 463 g/mol. The molecule has 31 heavy (non-hydrogen) atoms. The molecule has 0 bridgehead atoms. The number of amides is 2. The molecule has 0 aromatic carbocycles. The second-order valence-electron chi connectivity index (χ2n) is 8.95. The Morgan fingerprint density at radius 2 is 1.26 bits per heavy atom. The van der Waals surface area contributed by atoms with Gasteiger partial charge in [0.2, 0.25) is 5.91 Å². The van der Waals surface area contributed by atoms with Gasteiger partial charge in [-0.2, -0.15) is 0 Å². The van der Waals surface area contributed by atoms with Gasteiger partial charge in [0, 0.05) is 57.6 Å². The molecule has 2 amide bonds. The van der Waals surface area contributed by atoms with Crippen molar-refractivity contribution in [2.75, 3.05) is 39.5 Å². The van der Waals surface area contributed by atoms with Crippen LogP contribution in [0.5, 0.6) is 0 Å². The van der Waals surface area contributed by atoms with E-state index < -0.39 is 11.7 Å². The lowest BCUT2D eigenvalue weighted by molar-refractivity contribution is -0.121. The molecule has 9 heteroatoms. The summed E-state index contributed by atoms with van der Waals surface area (Å²) in [5.74, 6) is -0.0443. The molecule has 0 heterocycles. The molecule has 8 nitrogen and oxygen atoms in total. The highest BCUT2D eigenvalue weighted by molar-refractivity contribution is 8.14. The summed E-state index contributed by atoms with van der Waals surface area (Å²) in [6, 6.07) is 0. The average Bonchev–Trinajstić information content (AvgIpc) is 2.58. The van der Waals surface area contributed by atoms with Crippen LogP contribution in [0, 0.1) is 0 Å². The van der Waals surface area contributed by atoms with Gasteiger partial charge in [0.1, 0.15) is 5.60 Å². The van der Waals surface area contributed by atoms with Crippen LogP contribution in [0.3, 0.4) is 0 Å². The Labute approximate surface area is 191 Å². The Morgan fingerprint density at radius 1 is 0.774 bits per heavy atom. The normalized spacial score (nSPS) is 11.8. The van der Waals surface area contributed by atoms with E-state index in [1.165, 1.54) is 18.7 Å². The molecule has 0 radical (unpaired) electrons. The van der Waals surface area contributed by atoms with Crippen LogP contribution in [0.15, 0.2) is 0 Å². The third kappa shape index (κ3) is 21.7. The van der Waals surface area contributed by atoms with Crippen molar-refractivity contribution < 1.29 is 28.6 Å². The maximum atomic E-state index is 11.9. The number of unbranched alkanes of at least 4 members (excludes halogenated alkanes) is 1. The summed E-state index contributed by atoms with van der Waals surface area (Å²) in [5, 5.41) is 5.59. The summed E-state index contributed by atoms with van der Waals surface area (Å²) < 4.78 is 15.9. The van der Waals surface area contributed by atoms with Crippen molar-refractivity contribution in [2.45, 2.75) is 84.0 Å². The fraction of sp³-hybridized carbons (Fsp3) is 0.864. The van der Waals surface area contributed by atoms with Crippen molar-refractivity contribution >= 4 is 28.9 Å². The first-order valence-corrected chi connectivity index (χ1v) is 11.8. The molecule has 0 aromatic rings. The molecule has 182 valence electrons. The van der Waals surface area contributed by atoms with Crippen molar-refractivity contribution in [3.8, 4) is 0 Å². The zero-order valence-electron chi connectivity index (χ0n) is 20.1. The summed E-state index contributed by atoms with van der Waals surface area (Å²) in [6.45, 7) is 14.4. The van der Waals surface area contributed by atoms with Gasteiger partial charge in [0.25, 0.3) is 0 Å². The Kier molecular flexibility index (Phi) is 15.6. The zero-order valence-corrected chi connectivity index (χ0v) is 21.0. The van der Waals surface area contributed by atoms with Crippen molar-refractivity contribution in [3.05, 3.63) is 0 Å². The quantitative estimate of drug-likeness (QED) is 0.337. The smallest absolute Gasteiger partial charge is 0.407 e. The minimum absolute atomic E-state index is 0.0202. The van der Waals surface area contributed by atoms with Gasteiger partial charge < -0.3 is 24.8 Å². The van der Waals surface area contributed by atoms with Gasteiger partial charge >= 0.3 is 6.09 Å². The molecule has 0 atom stereocenters. The number of alkyl carbamates (subject to hydrolysis) is 1. The molecule has 0 aliphatic rings. The Bertz CT molecular complexity index is 535. The SMILES string of the molecule is CC(=O)SC(C)(C)CC(=O)NCCCOCCCCOCCCNC(=O)OC(C)(C)C. The van der Waals surface area contributed by atoms with Crippen molar-refractivity contribution in [1.82, 2.24) is 10.6 Å². The van der Waals surface area contributed by atoms with E-state index in [0.29, 0.717) is 45.9 Å². The van der Waals surface area contributed by atoms with Crippen LogP contribution in [0.4, 0.5) is 4.79 Å². The lowest BCUT2D eigenvalue weighted by atomic mass is 10.1. The van der Waals surface area contributed by atoms with E-state index in [1.54, 1.807) is 0 Å². The monoisotopic (exact) mass is 462 g/mol. The minimum atomic E-state index is -0.482. The number of thioether (sulfide) groups is 1. The largest absolute Gasteiger partial charge is 0.444 e. The molecule has 2 N–H and O–H groups in total. The first-order valence-electron chi connectivity index (χ1n) is 11.0. The summed E-state index contributed by atoms with van der Waals surface area (Å²) >= 11 is 1.19. The summed E-state index contributed by atoms with van der Waals surface area (Å²) in [4.78, 5) is 34.6. The summed E-state index contributed by atoms with van der Waals surface area (Å²) in [6.07, 6.45) is 3.24. The third-order valence-electron chi connectivity index (χ3n) is 3.75. The molecular weight excluding hydrogens is 420 g/mol. The maximum Gasteiger partial charge on any atom is 0.407 e. The maximum absolute atomic E-state index is 11.9. The van der Waals surface area contributed by atoms with Gasteiger partial charge in [0.15, 0.2) is 5.12 Å². The van der Waals surface area contributed by atoms with Crippen molar-refractivity contribution in [3.63, 3.8) is 0 Å². The summed E-state index contributed by atoms with van der Waals surface area (Å²) in [7, 11) is 0. The van der Waals surface area contributed by atoms with Gasteiger partial charge in [-0.05, 0) is 60.3 Å². The highest BCUT2D eigenvalue weighted by atomic mass is 32.2. The number of hydrogen-bond acceptors (Lipinski definition) is 7. The van der Waals surface area contributed by atoms with E-state index in [4.69, 9.17) is 14.2 Å². The van der Waals surface area contributed by atoms with Crippen LogP contribution in [-0.4, -0.2) is 67.0 Å². The lowest BCUT2D eigenvalue weighted by Crippen LogP contribution is -2.33. The second-order valence-corrected chi connectivity index (χ2v) is 10.8. The van der Waals surface area contributed by atoms with Gasteiger partial charge in [-0.3, -0.25) is 9.59 Å². The number of hydrogen-bond donors (Lipinski definition) is 2. The molecule has 0 unspecified atom stereocenters. The van der Waals surface area contributed by atoms with Crippen LogP contribution in [-0.2, 0) is 23.8 Å². The number of rotatable bonds is 16. The molecular formula is C22H42N2O6S. The first kappa shape index (κ1) is 29.7. The summed E-state index contributed by atoms with van der Waals surface area (Å²) in [5.41, 5.74) is -0.482. The predicted molar refractivity (Wildman–Crippen MR) is 124 cm³/mol. The van der Waals surface area contributed by atoms with Crippen LogP contribution >= 0.6 is 11.8 Å². The molecule has 0 saturated heterocycles. The Balaban J connectivity index is 3.41.